The molecule has 0 fully saturated rings. The van der Waals surface area contributed by atoms with Gasteiger partial charge in [0.1, 0.15) is 5.04 Å². The third-order valence-corrected chi connectivity index (χ3v) is 5.36. The predicted molar refractivity (Wildman–Crippen MR) is 113 cm³/mol. The van der Waals surface area contributed by atoms with E-state index in [2.05, 4.69) is 16.5 Å². The highest BCUT2D eigenvalue weighted by Gasteiger charge is 2.13. The fourth-order valence-electron chi connectivity index (χ4n) is 1.65. The molecule has 0 aliphatic heterocycles. The van der Waals surface area contributed by atoms with Crippen molar-refractivity contribution in [2.45, 2.75) is 4.90 Å². The van der Waals surface area contributed by atoms with Crippen molar-refractivity contribution in [1.82, 2.24) is 9.79 Å². The first-order valence-corrected chi connectivity index (χ1v) is 10.3. The van der Waals surface area contributed by atoms with E-state index >= 15 is 0 Å². The first-order chi connectivity index (χ1) is 12.6. The molecule has 0 aromatic heterocycles. The van der Waals surface area contributed by atoms with Gasteiger partial charge in [0.05, 0.1) is 17.2 Å². The SMILES string of the molecule is C=C(NOC(=O)N(C)SN=C(Sc1ccccc1)c1ccccc1)SC. The predicted octanol–water partition coefficient (Wildman–Crippen LogP) is 5.20. The first-order valence-electron chi connectivity index (χ1n) is 7.57. The highest BCUT2D eigenvalue weighted by Crippen LogP contribution is 2.26. The lowest BCUT2D eigenvalue weighted by Crippen LogP contribution is -2.26. The highest BCUT2D eigenvalue weighted by molar-refractivity contribution is 8.15. The van der Waals surface area contributed by atoms with E-state index in [4.69, 9.17) is 4.84 Å². The molecule has 0 aliphatic rings. The van der Waals surface area contributed by atoms with Crippen molar-refractivity contribution in [1.29, 1.82) is 0 Å². The van der Waals surface area contributed by atoms with Gasteiger partial charge in [-0.1, -0.05) is 66.9 Å². The van der Waals surface area contributed by atoms with Gasteiger partial charge in [-0.3, -0.25) is 0 Å². The summed E-state index contributed by atoms with van der Waals surface area (Å²) in [5.74, 6) is 0. The molecule has 0 unspecified atom stereocenters. The fraction of sp³-hybridized carbons (Fsp3) is 0.111. The number of hydrogen-bond acceptors (Lipinski definition) is 7. The summed E-state index contributed by atoms with van der Waals surface area (Å²) in [7, 11) is 1.59. The van der Waals surface area contributed by atoms with E-state index in [9.17, 15) is 4.79 Å². The van der Waals surface area contributed by atoms with E-state index in [-0.39, 0.29) is 0 Å². The number of hydrogen-bond donors (Lipinski definition) is 1. The zero-order chi connectivity index (χ0) is 18.8. The Balaban J connectivity index is 2.07. The second kappa shape index (κ2) is 10.8. The number of carbonyl (C=O) groups is 1. The zero-order valence-electron chi connectivity index (χ0n) is 14.4. The Bertz CT molecular complexity index is 755. The molecule has 0 aliphatic carbocycles. The Morgan fingerprint density at radius 3 is 2.35 bits per heavy atom. The van der Waals surface area contributed by atoms with Crippen LogP contribution in [0, 0.1) is 0 Å². The number of amides is 1. The minimum Gasteiger partial charge on any atom is -0.323 e. The number of nitrogens with one attached hydrogen (secondary N) is 1. The number of benzene rings is 2. The van der Waals surface area contributed by atoms with Crippen LogP contribution in [-0.4, -0.2) is 28.7 Å². The van der Waals surface area contributed by atoms with Gasteiger partial charge in [0.25, 0.3) is 0 Å². The fourth-order valence-corrected chi connectivity index (χ4v) is 3.20. The van der Waals surface area contributed by atoms with E-state index in [1.807, 2.05) is 66.9 Å². The molecule has 0 heterocycles. The Morgan fingerprint density at radius 1 is 1.12 bits per heavy atom. The first kappa shape index (κ1) is 20.3. The van der Waals surface area contributed by atoms with Gasteiger partial charge in [-0.25, -0.2) is 14.6 Å². The van der Waals surface area contributed by atoms with Crippen LogP contribution in [0.3, 0.4) is 0 Å². The molecule has 0 atom stereocenters. The summed E-state index contributed by atoms with van der Waals surface area (Å²) in [5.41, 5.74) is 3.46. The molecule has 0 radical (unpaired) electrons. The van der Waals surface area contributed by atoms with Crippen LogP contribution in [0.25, 0.3) is 0 Å². The lowest BCUT2D eigenvalue weighted by molar-refractivity contribution is 0.0974. The van der Waals surface area contributed by atoms with Gasteiger partial charge in [-0.15, -0.1) is 11.8 Å². The monoisotopic (exact) mass is 405 g/mol. The van der Waals surface area contributed by atoms with E-state index in [0.717, 1.165) is 27.6 Å². The van der Waals surface area contributed by atoms with Crippen molar-refractivity contribution in [2.75, 3.05) is 13.3 Å². The summed E-state index contributed by atoms with van der Waals surface area (Å²) in [5, 5.41) is 1.34. The van der Waals surface area contributed by atoms with Crippen LogP contribution < -0.4 is 5.48 Å². The average molecular weight is 406 g/mol. The molecule has 1 N–H and O–H groups in total. The molecule has 26 heavy (non-hydrogen) atoms. The topological polar surface area (TPSA) is 53.9 Å². The van der Waals surface area contributed by atoms with Crippen LogP contribution in [0.4, 0.5) is 4.79 Å². The second-order valence-electron chi connectivity index (χ2n) is 4.85. The van der Waals surface area contributed by atoms with Gasteiger partial charge in [-0.2, -0.15) is 4.40 Å². The zero-order valence-corrected chi connectivity index (χ0v) is 16.9. The molecule has 8 heteroatoms. The Hall–Kier alpha value is -2.03. The van der Waals surface area contributed by atoms with E-state index in [1.54, 1.807) is 7.05 Å². The van der Waals surface area contributed by atoms with E-state index in [1.165, 1.54) is 27.8 Å². The minimum absolute atomic E-state index is 0.546. The van der Waals surface area contributed by atoms with Gasteiger partial charge in [0, 0.05) is 17.5 Å². The van der Waals surface area contributed by atoms with Gasteiger partial charge >= 0.3 is 6.09 Å². The van der Waals surface area contributed by atoms with Crippen LogP contribution in [-0.2, 0) is 4.84 Å². The number of thioether (sulfide) groups is 2. The highest BCUT2D eigenvalue weighted by atomic mass is 32.2. The number of rotatable bonds is 7. The quantitative estimate of drug-likeness (QED) is 0.225. The van der Waals surface area contributed by atoms with Crippen LogP contribution in [0.15, 0.2) is 81.6 Å². The van der Waals surface area contributed by atoms with Crippen molar-refractivity contribution < 1.29 is 9.63 Å². The summed E-state index contributed by atoms with van der Waals surface area (Å²) in [4.78, 5) is 18.0. The van der Waals surface area contributed by atoms with Gasteiger partial charge in [0.2, 0.25) is 0 Å². The standard InChI is InChI=1S/C18H19N3O2S3/c1-14(24-3)19-23-18(22)21(2)26-20-17(15-10-6-4-7-11-15)25-16-12-8-5-9-13-16/h4-13,19H,1H2,2-3H3. The summed E-state index contributed by atoms with van der Waals surface area (Å²) >= 11 is 3.91. The Kier molecular flexibility index (Phi) is 8.46. The maximum atomic E-state index is 12.0. The molecule has 2 aromatic rings. The molecule has 5 nitrogen and oxygen atoms in total. The molecule has 0 saturated carbocycles. The number of hydroxylamine groups is 1. The van der Waals surface area contributed by atoms with E-state index < -0.39 is 6.09 Å². The molecule has 1 amide bonds. The molecular formula is C18H19N3O2S3. The lowest BCUT2D eigenvalue weighted by atomic mass is 10.2. The summed E-state index contributed by atoms with van der Waals surface area (Å²) in [6, 6.07) is 19.8. The third kappa shape index (κ3) is 6.70. The molecule has 2 aromatic carbocycles. The van der Waals surface area contributed by atoms with E-state index in [0.29, 0.717) is 5.03 Å². The Labute approximate surface area is 166 Å². The second-order valence-corrected chi connectivity index (χ2v) is 7.71. The summed E-state index contributed by atoms with van der Waals surface area (Å²) in [6.07, 6.45) is 1.27. The molecular weight excluding hydrogens is 386 g/mol. The summed E-state index contributed by atoms with van der Waals surface area (Å²) < 4.78 is 5.82. The smallest absolute Gasteiger partial charge is 0.323 e. The van der Waals surface area contributed by atoms with Crippen LogP contribution in [0.5, 0.6) is 0 Å². The Morgan fingerprint density at radius 2 is 1.73 bits per heavy atom. The van der Waals surface area contributed by atoms with Crippen LogP contribution >= 0.6 is 35.7 Å². The lowest BCUT2D eigenvalue weighted by Gasteiger charge is -2.14. The van der Waals surface area contributed by atoms with Crippen molar-refractivity contribution >= 4 is 46.8 Å². The van der Waals surface area contributed by atoms with Crippen molar-refractivity contribution in [2.24, 2.45) is 4.40 Å². The van der Waals surface area contributed by atoms with Crippen LogP contribution in [0.2, 0.25) is 0 Å². The summed E-state index contributed by atoms with van der Waals surface area (Å²) in [6.45, 7) is 3.68. The average Bonchev–Trinajstić information content (AvgIpc) is 2.70. The minimum atomic E-state index is -0.564. The number of carbonyl (C=O) groups excluding carboxylic acids is 1. The molecule has 2 rings (SSSR count). The maximum absolute atomic E-state index is 12.0. The van der Waals surface area contributed by atoms with Crippen molar-refractivity contribution in [3.8, 4) is 0 Å². The largest absolute Gasteiger partial charge is 0.445 e. The van der Waals surface area contributed by atoms with Crippen molar-refractivity contribution in [3.63, 3.8) is 0 Å². The molecule has 0 spiro atoms. The van der Waals surface area contributed by atoms with Crippen LogP contribution in [0.1, 0.15) is 5.56 Å². The normalized spacial score (nSPS) is 10.9. The molecule has 0 saturated heterocycles. The van der Waals surface area contributed by atoms with Gasteiger partial charge in [-0.05, 0) is 18.4 Å². The van der Waals surface area contributed by atoms with Gasteiger partial charge < -0.3 is 4.84 Å². The molecule has 0 bridgehead atoms. The number of nitrogens with zero attached hydrogens (tertiary/aromatic N) is 2. The molecule has 136 valence electrons. The van der Waals surface area contributed by atoms with Crippen molar-refractivity contribution in [3.05, 3.63) is 77.8 Å². The van der Waals surface area contributed by atoms with Gasteiger partial charge in [0.15, 0.2) is 0 Å². The maximum Gasteiger partial charge on any atom is 0.445 e. The third-order valence-electron chi connectivity index (χ3n) is 2.98.